The molecule has 0 saturated heterocycles. The largest absolute Gasteiger partial charge is 0.338 e. The van der Waals surface area contributed by atoms with E-state index in [2.05, 4.69) is 25.8 Å². The highest BCUT2D eigenvalue weighted by Gasteiger charge is 2.06. The third-order valence-corrected chi connectivity index (χ3v) is 3.83. The Morgan fingerprint density at radius 1 is 1.08 bits per heavy atom. The summed E-state index contributed by atoms with van der Waals surface area (Å²) in [5, 5.41) is 14.9. The van der Waals surface area contributed by atoms with Crippen LogP contribution in [0.2, 0.25) is 10.0 Å². The van der Waals surface area contributed by atoms with E-state index in [1.807, 2.05) is 6.07 Å². The van der Waals surface area contributed by atoms with Crippen molar-refractivity contribution < 1.29 is 4.79 Å². The van der Waals surface area contributed by atoms with Gasteiger partial charge in [-0.25, -0.2) is 0 Å². The predicted molar refractivity (Wildman–Crippen MR) is 99.3 cm³/mol. The Bertz CT molecular complexity index is 932. The van der Waals surface area contributed by atoms with Gasteiger partial charge in [0.25, 0.3) is 0 Å². The van der Waals surface area contributed by atoms with Gasteiger partial charge in [-0.2, -0.15) is 10.1 Å². The fourth-order valence-corrected chi connectivity index (χ4v) is 2.55. The topological polar surface area (TPSA) is 79.8 Å². The first-order valence-corrected chi connectivity index (χ1v) is 8.07. The second-order valence-electron chi connectivity index (χ2n) is 5.18. The molecule has 2 aromatic carbocycles. The van der Waals surface area contributed by atoms with Crippen molar-refractivity contribution in [2.24, 2.45) is 0 Å². The molecular formula is C17H13Cl2N5O. The van der Waals surface area contributed by atoms with Crippen LogP contribution in [0.5, 0.6) is 0 Å². The zero-order valence-electron chi connectivity index (χ0n) is 13.1. The second-order valence-corrected chi connectivity index (χ2v) is 6.02. The molecule has 25 heavy (non-hydrogen) atoms. The van der Waals surface area contributed by atoms with Crippen LogP contribution in [0, 0.1) is 0 Å². The molecule has 0 aliphatic rings. The van der Waals surface area contributed by atoms with E-state index in [9.17, 15) is 4.79 Å². The van der Waals surface area contributed by atoms with Gasteiger partial charge in [-0.1, -0.05) is 35.3 Å². The molecule has 0 spiro atoms. The van der Waals surface area contributed by atoms with Gasteiger partial charge in [-0.05, 0) is 37.3 Å². The minimum Gasteiger partial charge on any atom is -0.338 e. The lowest BCUT2D eigenvalue weighted by molar-refractivity contribution is 0.101. The van der Waals surface area contributed by atoms with Crippen molar-refractivity contribution in [3.63, 3.8) is 0 Å². The van der Waals surface area contributed by atoms with Crippen LogP contribution in [0.25, 0.3) is 0 Å². The molecule has 0 fully saturated rings. The normalized spacial score (nSPS) is 10.4. The number of ketones is 1. The van der Waals surface area contributed by atoms with Gasteiger partial charge in [-0.15, -0.1) is 5.10 Å². The Balaban J connectivity index is 1.79. The number of hydrogen-bond acceptors (Lipinski definition) is 6. The number of carbonyl (C=O) groups excluding carboxylic acids is 1. The molecule has 0 radical (unpaired) electrons. The molecule has 2 N–H and O–H groups in total. The summed E-state index contributed by atoms with van der Waals surface area (Å²) < 4.78 is 0. The smallest absolute Gasteiger partial charge is 0.249 e. The van der Waals surface area contributed by atoms with E-state index < -0.39 is 0 Å². The van der Waals surface area contributed by atoms with E-state index >= 15 is 0 Å². The maximum atomic E-state index is 11.5. The van der Waals surface area contributed by atoms with Crippen molar-refractivity contribution in [1.82, 2.24) is 15.2 Å². The molecule has 3 rings (SSSR count). The number of nitrogens with one attached hydrogen (secondary N) is 2. The number of benzene rings is 2. The molecular weight excluding hydrogens is 361 g/mol. The fraction of sp³-hybridized carbons (Fsp3) is 0.0588. The van der Waals surface area contributed by atoms with Crippen molar-refractivity contribution >= 4 is 52.1 Å². The number of hydrogen-bond donors (Lipinski definition) is 2. The number of nitrogens with zero attached hydrogens (tertiary/aromatic N) is 3. The SMILES string of the molecule is CC(=O)c1cccc(Nc2nncc(Nc3ccc(Cl)cc3Cl)n2)c1. The van der Waals surface area contributed by atoms with E-state index in [4.69, 9.17) is 23.2 Å². The summed E-state index contributed by atoms with van der Waals surface area (Å²) in [5.74, 6) is 0.732. The van der Waals surface area contributed by atoms with Crippen LogP contribution in [0.1, 0.15) is 17.3 Å². The molecule has 3 aromatic rings. The fourth-order valence-electron chi connectivity index (χ4n) is 2.09. The van der Waals surface area contributed by atoms with Gasteiger partial charge in [0.2, 0.25) is 5.95 Å². The molecule has 0 aliphatic heterocycles. The van der Waals surface area contributed by atoms with Crippen molar-refractivity contribution in [2.45, 2.75) is 6.92 Å². The van der Waals surface area contributed by atoms with Gasteiger partial charge in [0, 0.05) is 16.3 Å². The van der Waals surface area contributed by atoms with E-state index in [-0.39, 0.29) is 11.7 Å². The van der Waals surface area contributed by atoms with Crippen molar-refractivity contribution in [2.75, 3.05) is 10.6 Å². The van der Waals surface area contributed by atoms with E-state index in [1.54, 1.807) is 36.4 Å². The van der Waals surface area contributed by atoms with Gasteiger partial charge in [0.1, 0.15) is 0 Å². The predicted octanol–water partition coefficient (Wildman–Crippen LogP) is 4.87. The zero-order valence-corrected chi connectivity index (χ0v) is 14.6. The lowest BCUT2D eigenvalue weighted by Crippen LogP contribution is -2.03. The number of carbonyl (C=O) groups is 1. The first kappa shape index (κ1) is 17.1. The van der Waals surface area contributed by atoms with Gasteiger partial charge in [0.15, 0.2) is 11.6 Å². The van der Waals surface area contributed by atoms with Crippen LogP contribution in [0.3, 0.4) is 0 Å². The molecule has 0 amide bonds. The Morgan fingerprint density at radius 3 is 2.68 bits per heavy atom. The second kappa shape index (κ2) is 7.46. The number of aromatic nitrogens is 3. The molecule has 0 unspecified atom stereocenters. The number of rotatable bonds is 5. The Labute approximate surface area is 154 Å². The highest BCUT2D eigenvalue weighted by molar-refractivity contribution is 6.36. The minimum absolute atomic E-state index is 0.0181. The standard InChI is InChI=1S/C17H13Cl2N5O/c1-10(25)11-3-2-4-13(7-11)21-17-23-16(9-20-24-17)22-15-6-5-12(18)8-14(15)19/h2-9H,1H3,(H2,21,22,23,24). The van der Waals surface area contributed by atoms with Crippen LogP contribution in [0.4, 0.5) is 23.1 Å². The highest BCUT2D eigenvalue weighted by atomic mass is 35.5. The number of halogens is 2. The number of Topliss-reactive ketones (excluding diaryl/α,β-unsaturated/α-hetero) is 1. The molecule has 1 heterocycles. The molecule has 8 heteroatoms. The quantitative estimate of drug-likeness (QED) is 0.621. The van der Waals surface area contributed by atoms with E-state index in [1.165, 1.54) is 13.1 Å². The molecule has 1 aromatic heterocycles. The molecule has 6 nitrogen and oxygen atoms in total. The first-order chi connectivity index (χ1) is 12.0. The van der Waals surface area contributed by atoms with Gasteiger partial charge in [-0.3, -0.25) is 4.79 Å². The molecule has 0 atom stereocenters. The average molecular weight is 374 g/mol. The van der Waals surface area contributed by atoms with Crippen LogP contribution in [-0.2, 0) is 0 Å². The van der Waals surface area contributed by atoms with Crippen LogP contribution in [-0.4, -0.2) is 21.0 Å². The summed E-state index contributed by atoms with van der Waals surface area (Å²) in [6.45, 7) is 1.51. The highest BCUT2D eigenvalue weighted by Crippen LogP contribution is 2.27. The van der Waals surface area contributed by atoms with Crippen LogP contribution >= 0.6 is 23.2 Å². The third-order valence-electron chi connectivity index (χ3n) is 3.28. The Hall–Kier alpha value is -2.70. The summed E-state index contributed by atoms with van der Waals surface area (Å²) >= 11 is 12.0. The zero-order chi connectivity index (χ0) is 17.8. The summed E-state index contributed by atoms with van der Waals surface area (Å²) in [4.78, 5) is 15.8. The van der Waals surface area contributed by atoms with Gasteiger partial charge >= 0.3 is 0 Å². The average Bonchev–Trinajstić information content (AvgIpc) is 2.58. The van der Waals surface area contributed by atoms with Crippen molar-refractivity contribution in [3.05, 3.63) is 64.3 Å². The van der Waals surface area contributed by atoms with Gasteiger partial charge < -0.3 is 10.6 Å². The summed E-state index contributed by atoms with van der Waals surface area (Å²) in [5.41, 5.74) is 1.94. The Kier molecular flexibility index (Phi) is 5.11. The van der Waals surface area contributed by atoms with Gasteiger partial charge in [0.05, 0.1) is 16.9 Å². The van der Waals surface area contributed by atoms with E-state index in [0.717, 1.165) is 0 Å². The van der Waals surface area contributed by atoms with Crippen molar-refractivity contribution in [3.8, 4) is 0 Å². The number of anilines is 4. The lowest BCUT2D eigenvalue weighted by Gasteiger charge is -2.09. The van der Waals surface area contributed by atoms with Crippen LogP contribution in [0.15, 0.2) is 48.7 Å². The van der Waals surface area contributed by atoms with Crippen LogP contribution < -0.4 is 10.6 Å². The Morgan fingerprint density at radius 2 is 1.92 bits per heavy atom. The van der Waals surface area contributed by atoms with E-state index in [0.29, 0.717) is 32.8 Å². The lowest BCUT2D eigenvalue weighted by atomic mass is 10.1. The molecule has 126 valence electrons. The summed E-state index contributed by atoms with van der Waals surface area (Å²) in [6.07, 6.45) is 1.47. The van der Waals surface area contributed by atoms with Crippen molar-refractivity contribution in [1.29, 1.82) is 0 Å². The summed E-state index contributed by atoms with van der Waals surface area (Å²) in [6, 6.07) is 12.2. The summed E-state index contributed by atoms with van der Waals surface area (Å²) in [7, 11) is 0. The minimum atomic E-state index is -0.0181. The first-order valence-electron chi connectivity index (χ1n) is 7.31. The molecule has 0 saturated carbocycles. The maximum Gasteiger partial charge on any atom is 0.249 e. The third kappa shape index (κ3) is 4.43. The monoisotopic (exact) mass is 373 g/mol. The molecule has 0 bridgehead atoms. The maximum absolute atomic E-state index is 11.5. The molecule has 0 aliphatic carbocycles.